The standard InChI is InChI=1S/C19H23F3N4O2.C19H24F2N4O3.C16H21F2N5O.C2H3ClO2/c1-28-18(27)3-2-13-10-16(23-14-4-7-19(21,22)8-5-14)24-17(11-13)26-9-6-15(12-20)25-26;1-28-18(27)3-2-13-10-16(22-14-4-7-19(20,21)8-5-14)23-17(11-13)25-9-6-15(12-26)24-25;17-16(18)4-1-12(2-5-16)20-14-7-11(9-19)8-15(21-14)23-6-3-13(10-24)22-23;1-5-2(3)4/h6,9-11,14H,2-5,7-8,12H2,1H3,(H,23,24);6,9-11,14,26H,2-5,7-8,12H2,1H3,(H,22,23);3,6-8,12,24H,1-2,4-5,9-10,19H2,(H,20,21);1H3. The third kappa shape index (κ3) is 21.9. The van der Waals surface area contributed by atoms with Crippen LogP contribution in [0.15, 0.2) is 73.2 Å². The Morgan fingerprint density at radius 2 is 0.859 bits per heavy atom. The number of carbonyl (C=O) groups excluding carboxylic acids is 3. The highest BCUT2D eigenvalue weighted by atomic mass is 35.5. The molecular weight excluding hydrogens is 1150 g/mol. The molecule has 85 heavy (non-hydrogen) atoms. The Morgan fingerprint density at radius 3 is 1.13 bits per heavy atom. The Balaban J connectivity index is 0.000000197. The molecule has 3 saturated carbocycles. The van der Waals surface area contributed by atoms with E-state index in [1.165, 1.54) is 30.7 Å². The second-order valence-electron chi connectivity index (χ2n) is 20.5. The van der Waals surface area contributed by atoms with E-state index in [1.54, 1.807) is 59.7 Å². The van der Waals surface area contributed by atoms with Crippen LogP contribution in [0.1, 0.15) is 124 Å². The van der Waals surface area contributed by atoms with Crippen molar-refractivity contribution in [3.63, 3.8) is 0 Å². The van der Waals surface area contributed by atoms with Crippen LogP contribution in [0.4, 0.5) is 53.0 Å². The van der Waals surface area contributed by atoms with E-state index in [4.69, 9.17) is 10.8 Å². The van der Waals surface area contributed by atoms with Crippen molar-refractivity contribution in [2.75, 3.05) is 37.3 Å². The molecule has 6 heterocycles. The number of nitrogens with one attached hydrogen (secondary N) is 3. The number of ether oxygens (including phenoxy) is 3. The first-order chi connectivity index (χ1) is 40.5. The molecule has 7 N–H and O–H groups in total. The van der Waals surface area contributed by atoms with Gasteiger partial charge in [-0.25, -0.2) is 64.5 Å². The van der Waals surface area contributed by atoms with Crippen molar-refractivity contribution < 1.29 is 69.5 Å². The summed E-state index contributed by atoms with van der Waals surface area (Å²) < 4.78 is 111. The van der Waals surface area contributed by atoms with Gasteiger partial charge in [-0.1, -0.05) is 0 Å². The van der Waals surface area contributed by atoms with Crippen LogP contribution in [0.25, 0.3) is 17.5 Å². The number of halogens is 8. The van der Waals surface area contributed by atoms with Crippen LogP contribution < -0.4 is 21.7 Å². The Hall–Kier alpha value is -7.43. The number of nitrogens with zero attached hydrogens (tertiary/aromatic N) is 9. The highest BCUT2D eigenvalue weighted by Crippen LogP contribution is 2.37. The Morgan fingerprint density at radius 1 is 0.553 bits per heavy atom. The number of nitrogens with two attached hydrogens (primary N) is 1. The zero-order valence-electron chi connectivity index (χ0n) is 47.3. The number of hydrogen-bond acceptors (Lipinski definition) is 18. The predicted molar refractivity (Wildman–Crippen MR) is 300 cm³/mol. The van der Waals surface area contributed by atoms with Crippen molar-refractivity contribution in [1.82, 2.24) is 44.3 Å². The lowest BCUT2D eigenvalue weighted by atomic mass is 9.92. The Labute approximate surface area is 491 Å². The molecule has 0 atom stereocenters. The molecule has 0 saturated heterocycles. The van der Waals surface area contributed by atoms with Gasteiger partial charge in [-0.2, -0.15) is 15.3 Å². The van der Waals surface area contributed by atoms with Crippen LogP contribution in [0, 0.1) is 0 Å². The summed E-state index contributed by atoms with van der Waals surface area (Å²) in [6.07, 6.45) is 7.75. The lowest BCUT2D eigenvalue weighted by molar-refractivity contribution is -0.141. The topological polar surface area (TPSA) is 274 Å². The molecule has 3 fully saturated rings. The van der Waals surface area contributed by atoms with E-state index < -0.39 is 29.9 Å². The van der Waals surface area contributed by atoms with Gasteiger partial charge in [0.25, 0.3) is 0 Å². The van der Waals surface area contributed by atoms with Gasteiger partial charge in [0.2, 0.25) is 17.8 Å². The number of aliphatic hydroxyl groups is 2. The number of anilines is 3. The molecule has 0 aliphatic heterocycles. The number of aryl methyl sites for hydroxylation is 2. The van der Waals surface area contributed by atoms with Gasteiger partial charge in [0.1, 0.15) is 24.1 Å². The van der Waals surface area contributed by atoms with Gasteiger partial charge in [-0.05, 0) is 123 Å². The SMILES string of the molecule is COC(=O)CCc1cc(NC2CCC(F)(F)CC2)nc(-n2ccc(CF)n2)c1.COC(=O)CCc1cc(NC2CCC(F)(F)CC2)nc(-n2ccc(CO)n2)c1.COC(=O)Cl.NCc1cc(NC2CCC(F)(F)CC2)nc(-n2ccc(CO)n2)c1. The summed E-state index contributed by atoms with van der Waals surface area (Å²) in [5, 5.41) is 40.6. The van der Waals surface area contributed by atoms with E-state index in [0.717, 1.165) is 16.7 Å². The fourth-order valence-electron chi connectivity index (χ4n) is 9.28. The first-order valence-electron chi connectivity index (χ1n) is 27.5. The van der Waals surface area contributed by atoms with Crippen molar-refractivity contribution in [3.8, 4) is 17.5 Å². The number of esters is 2. The highest BCUT2D eigenvalue weighted by Gasteiger charge is 2.37. The van der Waals surface area contributed by atoms with E-state index >= 15 is 0 Å². The van der Waals surface area contributed by atoms with Gasteiger partial charge in [-0.3, -0.25) is 9.59 Å². The molecule has 21 nitrogen and oxygen atoms in total. The average Bonchev–Trinajstić information content (AvgIpc) is 4.28. The van der Waals surface area contributed by atoms with Crippen molar-refractivity contribution in [2.24, 2.45) is 5.73 Å². The number of hydrogen-bond donors (Lipinski definition) is 6. The van der Waals surface area contributed by atoms with Gasteiger partial charge in [-0.15, -0.1) is 0 Å². The van der Waals surface area contributed by atoms with Crippen molar-refractivity contribution in [3.05, 3.63) is 107 Å². The van der Waals surface area contributed by atoms with Crippen molar-refractivity contribution >= 4 is 46.4 Å². The van der Waals surface area contributed by atoms with Gasteiger partial charge < -0.3 is 46.1 Å². The molecule has 0 radical (unpaired) electrons. The number of pyridine rings is 3. The third-order valence-electron chi connectivity index (χ3n) is 14.0. The molecule has 6 aromatic rings. The summed E-state index contributed by atoms with van der Waals surface area (Å²) >= 11 is 4.60. The minimum absolute atomic E-state index is 0.0244. The van der Waals surface area contributed by atoms with Gasteiger partial charge in [0.05, 0.1) is 51.6 Å². The van der Waals surface area contributed by atoms with E-state index in [-0.39, 0.29) is 100 Å². The molecule has 9 rings (SSSR count). The molecular formula is C56H71ClF7N13O8. The second kappa shape index (κ2) is 31.6. The molecule has 6 aromatic heterocycles. The number of methoxy groups -OCH3 is 3. The molecule has 0 aromatic carbocycles. The maximum atomic E-state index is 13.4. The third-order valence-corrected chi connectivity index (χ3v) is 14.2. The first-order valence-corrected chi connectivity index (χ1v) is 27.9. The normalized spacial score (nSPS) is 16.4. The van der Waals surface area contributed by atoms with Crippen LogP contribution >= 0.6 is 11.6 Å². The molecule has 0 bridgehead atoms. The average molecular weight is 1220 g/mol. The summed E-state index contributed by atoms with van der Waals surface area (Å²) in [6.45, 7) is -0.682. The van der Waals surface area contributed by atoms with Crippen molar-refractivity contribution in [1.29, 1.82) is 0 Å². The maximum absolute atomic E-state index is 13.4. The zero-order valence-corrected chi connectivity index (χ0v) is 48.0. The van der Waals surface area contributed by atoms with E-state index in [0.29, 0.717) is 104 Å². The van der Waals surface area contributed by atoms with Gasteiger partial charge in [0.15, 0.2) is 17.5 Å². The van der Waals surface area contributed by atoms with Gasteiger partial charge >= 0.3 is 17.4 Å². The van der Waals surface area contributed by atoms with Gasteiger partial charge in [0, 0.05) is 106 Å². The lowest BCUT2D eigenvalue weighted by Gasteiger charge is -2.29. The second-order valence-corrected chi connectivity index (χ2v) is 20.8. The van der Waals surface area contributed by atoms with Crippen molar-refractivity contribution in [2.45, 2.75) is 165 Å². The number of carbonyl (C=O) groups is 3. The van der Waals surface area contributed by atoms with Crippen LogP contribution in [-0.2, 0) is 63.1 Å². The minimum atomic E-state index is -2.60. The van der Waals surface area contributed by atoms with E-state index in [2.05, 4.69) is 72.0 Å². The smallest absolute Gasteiger partial charge is 0.403 e. The maximum Gasteiger partial charge on any atom is 0.403 e. The zero-order chi connectivity index (χ0) is 61.7. The molecule has 0 unspecified atom stereocenters. The Kier molecular flexibility index (Phi) is 24.8. The van der Waals surface area contributed by atoms with E-state index in [1.807, 2.05) is 18.2 Å². The molecule has 29 heteroatoms. The highest BCUT2D eigenvalue weighted by molar-refractivity contribution is 6.61. The summed E-state index contributed by atoms with van der Waals surface area (Å²) in [7, 11) is 3.88. The quantitative estimate of drug-likeness (QED) is 0.0190. The fraction of sp³-hybridized carbons (Fsp3) is 0.518. The first kappa shape index (κ1) is 66.7. The Bertz CT molecular complexity index is 2950. The minimum Gasteiger partial charge on any atom is -0.469 e. The number of alkyl halides is 7. The summed E-state index contributed by atoms with van der Waals surface area (Å²) in [5.41, 5.74) is 8.83. The summed E-state index contributed by atoms with van der Waals surface area (Å²) in [5.74, 6) is -5.16. The summed E-state index contributed by atoms with van der Waals surface area (Å²) in [4.78, 5) is 45.8. The lowest BCUT2D eigenvalue weighted by Crippen LogP contribution is -2.32. The number of aromatic nitrogens is 9. The molecule has 3 aliphatic rings. The largest absolute Gasteiger partial charge is 0.469 e. The summed E-state index contributed by atoms with van der Waals surface area (Å²) in [6, 6.07) is 15.5. The monoisotopic (exact) mass is 1220 g/mol. The molecule has 0 amide bonds. The number of rotatable bonds is 19. The fourth-order valence-corrected chi connectivity index (χ4v) is 9.28. The predicted octanol–water partition coefficient (Wildman–Crippen LogP) is 9.89. The number of aliphatic hydroxyl groups excluding tert-OH is 2. The van der Waals surface area contributed by atoms with Crippen LogP contribution in [-0.4, -0.2) is 129 Å². The van der Waals surface area contributed by atoms with E-state index in [9.17, 15) is 50.2 Å². The molecule has 3 aliphatic carbocycles. The van der Waals surface area contributed by atoms with Crippen LogP contribution in [0.3, 0.4) is 0 Å². The molecule has 0 spiro atoms. The van der Waals surface area contributed by atoms with Crippen LogP contribution in [0.2, 0.25) is 0 Å². The van der Waals surface area contributed by atoms with Crippen LogP contribution in [0.5, 0.6) is 0 Å². The molecule has 464 valence electrons.